The number of benzene rings is 1. The predicted octanol–water partition coefficient (Wildman–Crippen LogP) is 2.85. The Kier molecular flexibility index (Phi) is 7.22. The van der Waals surface area contributed by atoms with Crippen molar-refractivity contribution in [2.75, 3.05) is 26.7 Å². The van der Waals surface area contributed by atoms with E-state index in [1.807, 2.05) is 4.90 Å². The number of nitrogens with zero attached hydrogens (tertiary/aromatic N) is 2. The third-order valence-corrected chi connectivity index (χ3v) is 5.72. The second kappa shape index (κ2) is 9.05. The van der Waals surface area contributed by atoms with E-state index in [9.17, 15) is 23.5 Å². The number of carbonyl (C=O) groups is 2. The summed E-state index contributed by atoms with van der Waals surface area (Å²) in [7, 11) is 1.68. The van der Waals surface area contributed by atoms with Crippen molar-refractivity contribution in [2.24, 2.45) is 11.3 Å². The van der Waals surface area contributed by atoms with Crippen LogP contribution in [0.1, 0.15) is 24.8 Å². The van der Waals surface area contributed by atoms with Crippen LogP contribution in [0.4, 0.5) is 8.78 Å². The number of alkyl halides is 2. The summed E-state index contributed by atoms with van der Waals surface area (Å²) in [4.78, 5) is 27.8. The summed E-state index contributed by atoms with van der Waals surface area (Å²) >= 11 is 0. The first-order valence-electron chi connectivity index (χ1n) is 9.03. The lowest BCUT2D eigenvalue weighted by Gasteiger charge is -2.24. The van der Waals surface area contributed by atoms with Crippen LogP contribution in [0.5, 0.6) is 5.75 Å². The normalized spacial score (nSPS) is 23.9. The van der Waals surface area contributed by atoms with Crippen LogP contribution in [-0.4, -0.2) is 60.1 Å². The monoisotopic (exact) mass is 418 g/mol. The molecule has 1 amide bonds. The molecule has 2 aliphatic rings. The van der Waals surface area contributed by atoms with Crippen LogP contribution in [0.3, 0.4) is 0 Å². The van der Waals surface area contributed by atoms with E-state index in [0.29, 0.717) is 26.1 Å². The van der Waals surface area contributed by atoms with Gasteiger partial charge in [0.1, 0.15) is 5.75 Å². The Balaban J connectivity index is 0.00000280. The van der Waals surface area contributed by atoms with Gasteiger partial charge in [-0.15, -0.1) is 12.4 Å². The number of fused-ring (bicyclic) bond motifs is 1. The molecule has 6 nitrogen and oxygen atoms in total. The Labute approximate surface area is 168 Å². The zero-order valence-corrected chi connectivity index (χ0v) is 16.5. The van der Waals surface area contributed by atoms with Crippen molar-refractivity contribution in [2.45, 2.75) is 32.4 Å². The largest absolute Gasteiger partial charge is 0.481 e. The molecule has 2 fully saturated rings. The van der Waals surface area contributed by atoms with Gasteiger partial charge in [-0.05, 0) is 36.5 Å². The Hall–Kier alpha value is -1.93. The number of hydrogen-bond donors (Lipinski definition) is 1. The number of carbonyl (C=O) groups excluding carboxylic acids is 1. The maximum absolute atomic E-state index is 12.5. The van der Waals surface area contributed by atoms with Gasteiger partial charge in [0.2, 0.25) is 5.91 Å². The number of hydrogen-bond acceptors (Lipinski definition) is 4. The summed E-state index contributed by atoms with van der Waals surface area (Å²) in [6.07, 6.45) is 2.52. The van der Waals surface area contributed by atoms with Gasteiger partial charge in [0.05, 0.1) is 12.0 Å². The molecular formula is C19H25ClF2N2O4. The average molecular weight is 419 g/mol. The quantitative estimate of drug-likeness (QED) is 0.737. The number of amides is 1. The highest BCUT2D eigenvalue weighted by Gasteiger charge is 2.54. The molecule has 1 aliphatic heterocycles. The topological polar surface area (TPSA) is 70.1 Å². The van der Waals surface area contributed by atoms with Crippen LogP contribution < -0.4 is 4.74 Å². The highest BCUT2D eigenvalue weighted by molar-refractivity contribution is 5.85. The van der Waals surface area contributed by atoms with Crippen LogP contribution in [-0.2, 0) is 16.1 Å². The molecule has 0 unspecified atom stereocenters. The van der Waals surface area contributed by atoms with Crippen molar-refractivity contribution in [3.8, 4) is 5.75 Å². The van der Waals surface area contributed by atoms with Gasteiger partial charge in [0.15, 0.2) is 0 Å². The molecule has 1 saturated heterocycles. The minimum absolute atomic E-state index is 0. The summed E-state index contributed by atoms with van der Waals surface area (Å²) in [5.74, 6) is -0.649. The minimum Gasteiger partial charge on any atom is -0.481 e. The number of likely N-dealkylation sites (tertiary alicyclic amines) is 1. The van der Waals surface area contributed by atoms with Gasteiger partial charge in [-0.3, -0.25) is 14.5 Å². The van der Waals surface area contributed by atoms with Crippen molar-refractivity contribution in [1.29, 1.82) is 0 Å². The number of aliphatic carboxylic acids is 1. The maximum Gasteiger partial charge on any atom is 0.387 e. The van der Waals surface area contributed by atoms with Crippen molar-refractivity contribution in [3.05, 3.63) is 29.8 Å². The Morgan fingerprint density at radius 2 is 2.04 bits per heavy atom. The molecule has 0 radical (unpaired) electrons. The molecule has 0 spiro atoms. The van der Waals surface area contributed by atoms with Gasteiger partial charge in [0.25, 0.3) is 0 Å². The summed E-state index contributed by atoms with van der Waals surface area (Å²) < 4.78 is 28.7. The highest BCUT2D eigenvalue weighted by Crippen LogP contribution is 2.48. The van der Waals surface area contributed by atoms with Gasteiger partial charge >= 0.3 is 12.6 Å². The predicted molar refractivity (Wildman–Crippen MR) is 101 cm³/mol. The molecule has 2 atom stereocenters. The van der Waals surface area contributed by atoms with Crippen LogP contribution in [0.2, 0.25) is 0 Å². The molecule has 1 aliphatic carbocycles. The lowest BCUT2D eigenvalue weighted by molar-refractivity contribution is -0.149. The smallest absolute Gasteiger partial charge is 0.387 e. The van der Waals surface area contributed by atoms with Gasteiger partial charge in [-0.25, -0.2) is 0 Å². The molecule has 0 aromatic heterocycles. The van der Waals surface area contributed by atoms with Crippen molar-refractivity contribution in [3.63, 3.8) is 0 Å². The molecule has 9 heteroatoms. The second-order valence-corrected chi connectivity index (χ2v) is 7.49. The maximum atomic E-state index is 12.5. The van der Waals surface area contributed by atoms with Crippen LogP contribution in [0.25, 0.3) is 0 Å². The summed E-state index contributed by atoms with van der Waals surface area (Å²) in [6.45, 7) is -1.27. The van der Waals surface area contributed by atoms with Crippen molar-refractivity contribution in [1.82, 2.24) is 9.80 Å². The zero-order valence-electron chi connectivity index (χ0n) is 15.6. The van der Waals surface area contributed by atoms with Crippen molar-refractivity contribution < 1.29 is 28.2 Å². The fourth-order valence-electron chi connectivity index (χ4n) is 4.31. The lowest BCUT2D eigenvalue weighted by atomic mass is 9.81. The van der Waals surface area contributed by atoms with E-state index in [1.54, 1.807) is 24.1 Å². The number of ether oxygens (including phenoxy) is 1. The Morgan fingerprint density at radius 1 is 1.36 bits per heavy atom. The Morgan fingerprint density at radius 3 is 2.61 bits per heavy atom. The number of carboxylic acid groups (broad SMARTS) is 1. The van der Waals surface area contributed by atoms with Crippen LogP contribution in [0.15, 0.2) is 24.3 Å². The highest BCUT2D eigenvalue weighted by atomic mass is 35.5. The van der Waals surface area contributed by atoms with E-state index in [0.717, 1.165) is 18.4 Å². The van der Waals surface area contributed by atoms with Gasteiger partial charge in [0, 0.05) is 26.7 Å². The van der Waals surface area contributed by atoms with Gasteiger partial charge in [-0.1, -0.05) is 18.6 Å². The number of rotatable bonds is 7. The SMILES string of the molecule is CN(Cc1ccc(OC(F)F)cc1)C(=O)CN1C[C@@H]2CCC[C@@]2(C(=O)O)C1.Cl. The van der Waals surface area contributed by atoms with E-state index >= 15 is 0 Å². The summed E-state index contributed by atoms with van der Waals surface area (Å²) in [5, 5.41) is 9.63. The van der Waals surface area contributed by atoms with E-state index in [-0.39, 0.29) is 36.5 Å². The van der Waals surface area contributed by atoms with E-state index in [1.165, 1.54) is 12.1 Å². The molecule has 1 aromatic rings. The third kappa shape index (κ3) is 4.72. The van der Waals surface area contributed by atoms with Crippen LogP contribution in [0, 0.1) is 11.3 Å². The van der Waals surface area contributed by atoms with Crippen molar-refractivity contribution >= 4 is 24.3 Å². The number of likely N-dealkylation sites (N-methyl/N-ethyl adjacent to an activating group) is 1. The molecule has 3 rings (SSSR count). The second-order valence-electron chi connectivity index (χ2n) is 7.49. The summed E-state index contributed by atoms with van der Waals surface area (Å²) in [5.41, 5.74) is 0.104. The van der Waals surface area contributed by atoms with Gasteiger partial charge in [-0.2, -0.15) is 8.78 Å². The van der Waals surface area contributed by atoms with E-state index < -0.39 is 18.0 Å². The van der Waals surface area contributed by atoms with E-state index in [2.05, 4.69) is 4.74 Å². The first-order valence-corrected chi connectivity index (χ1v) is 9.03. The molecule has 28 heavy (non-hydrogen) atoms. The molecule has 1 heterocycles. The van der Waals surface area contributed by atoms with E-state index in [4.69, 9.17) is 0 Å². The van der Waals surface area contributed by atoms with Gasteiger partial charge < -0.3 is 14.7 Å². The number of halogens is 3. The lowest BCUT2D eigenvalue weighted by Crippen LogP contribution is -2.40. The fraction of sp³-hybridized carbons (Fsp3) is 0.579. The summed E-state index contributed by atoms with van der Waals surface area (Å²) in [6, 6.07) is 6.17. The average Bonchev–Trinajstić information content (AvgIpc) is 3.14. The fourth-order valence-corrected chi connectivity index (χ4v) is 4.31. The molecule has 0 bridgehead atoms. The molecule has 156 valence electrons. The zero-order chi connectivity index (χ0) is 19.6. The number of carboxylic acids is 1. The molecule has 1 aromatic carbocycles. The molecule has 1 N–H and O–H groups in total. The standard InChI is InChI=1S/C19H24F2N2O4.ClH/c1-22(9-13-4-6-15(7-5-13)27-18(20)21)16(24)11-23-10-14-3-2-8-19(14,12-23)17(25)26;/h4-7,14,18H,2-3,8-12H2,1H3,(H,25,26);1H/t14-,19+;/m0./s1. The van der Waals surface area contributed by atoms with Crippen LogP contribution >= 0.6 is 12.4 Å². The third-order valence-electron chi connectivity index (χ3n) is 5.72. The molecular weight excluding hydrogens is 394 g/mol. The first-order chi connectivity index (χ1) is 12.8. The minimum atomic E-state index is -2.87. The first kappa shape index (κ1) is 22.4. The molecule has 1 saturated carbocycles. The Bertz CT molecular complexity index is 704.